The molecule has 0 amide bonds. The number of phosphoric acid groups is 1. The van der Waals surface area contributed by atoms with Crippen LogP contribution in [0.4, 0.5) is 0 Å². The number of phosphoric ester groups is 1. The van der Waals surface area contributed by atoms with Crippen molar-refractivity contribution >= 4 is 13.8 Å². The van der Waals surface area contributed by atoms with Gasteiger partial charge in [-0.3, -0.25) is 13.8 Å². The fraction of sp³-hybridized carbons (Fsp3) is 0.927. The highest BCUT2D eigenvalue weighted by Gasteiger charge is 2.51. The van der Waals surface area contributed by atoms with E-state index in [0.29, 0.717) is 6.42 Å². The molecule has 0 aromatic carbocycles. The number of esters is 1. The third-order valence-electron chi connectivity index (χ3n) is 10.2. The molecule has 1 aliphatic rings. The van der Waals surface area contributed by atoms with Crippen LogP contribution in [0.3, 0.4) is 0 Å². The standard InChI is InChI=1S/C41H79O12P/c1-3-5-7-9-11-13-15-16-17-18-19-21-23-25-27-29-31-50-32-34(52-35(42)30-28-26-24-22-20-14-12-10-8-6-4-2)33-51-54(48,49)53-41-39(46)37(44)36(43)38(45)40(41)47/h29,31,34,36-41,43-47H,3-28,30,32-33H2,1-2H3,(H,48,49)/b31-29-/t34-,36?,37-,38?,39?,40?,41?/m1/s1. The fourth-order valence-corrected chi connectivity index (χ4v) is 7.71. The Bertz CT molecular complexity index is 952. The second-order valence-electron chi connectivity index (χ2n) is 15.3. The Hall–Kier alpha value is -1.08. The van der Waals surface area contributed by atoms with Crippen LogP contribution >= 0.6 is 7.82 Å². The van der Waals surface area contributed by atoms with Crippen molar-refractivity contribution in [3.8, 4) is 0 Å². The molecule has 6 N–H and O–H groups in total. The normalized spacial score (nSPS) is 23.4. The number of carbonyl (C=O) groups is 1. The van der Waals surface area contributed by atoms with Crippen molar-refractivity contribution in [1.82, 2.24) is 0 Å². The minimum absolute atomic E-state index is 0.155. The third-order valence-corrected chi connectivity index (χ3v) is 11.2. The van der Waals surface area contributed by atoms with Crippen molar-refractivity contribution in [1.29, 1.82) is 0 Å². The molecule has 0 radical (unpaired) electrons. The molecule has 0 bridgehead atoms. The first kappa shape index (κ1) is 50.9. The number of allylic oxidation sites excluding steroid dienone is 1. The summed E-state index contributed by atoms with van der Waals surface area (Å²) in [6.07, 6.45) is 22.3. The molecule has 1 fully saturated rings. The smallest absolute Gasteiger partial charge is 0.472 e. The highest BCUT2D eigenvalue weighted by atomic mass is 31.2. The zero-order chi connectivity index (χ0) is 39.9. The summed E-state index contributed by atoms with van der Waals surface area (Å²) in [6.45, 7) is 3.71. The minimum atomic E-state index is -5.02. The first-order valence-corrected chi connectivity index (χ1v) is 23.1. The van der Waals surface area contributed by atoms with Crippen molar-refractivity contribution in [2.75, 3.05) is 13.2 Å². The van der Waals surface area contributed by atoms with E-state index in [0.717, 1.165) is 38.5 Å². The van der Waals surface area contributed by atoms with Crippen molar-refractivity contribution in [2.45, 2.75) is 230 Å². The Morgan fingerprint density at radius 2 is 0.963 bits per heavy atom. The number of hydrogen-bond donors (Lipinski definition) is 6. The third kappa shape index (κ3) is 25.2. The number of carbonyl (C=O) groups excluding carboxylic acids is 1. The van der Waals surface area contributed by atoms with Crippen molar-refractivity contribution in [3.05, 3.63) is 12.3 Å². The molecule has 0 heterocycles. The molecule has 0 saturated heterocycles. The van der Waals surface area contributed by atoms with E-state index >= 15 is 0 Å². The Balaban J connectivity index is 2.44. The zero-order valence-corrected chi connectivity index (χ0v) is 34.7. The first-order chi connectivity index (χ1) is 26.0. The molecule has 0 aliphatic heterocycles. The van der Waals surface area contributed by atoms with Crippen LogP contribution in [0.2, 0.25) is 0 Å². The maximum Gasteiger partial charge on any atom is 0.472 e. The summed E-state index contributed by atoms with van der Waals surface area (Å²) in [5.74, 6) is -0.499. The van der Waals surface area contributed by atoms with E-state index in [1.54, 1.807) is 0 Å². The van der Waals surface area contributed by atoms with Gasteiger partial charge in [-0.1, -0.05) is 162 Å². The Labute approximate surface area is 327 Å². The molecule has 13 heteroatoms. The van der Waals surface area contributed by atoms with E-state index in [9.17, 15) is 39.8 Å². The van der Waals surface area contributed by atoms with Gasteiger partial charge in [0.25, 0.3) is 0 Å². The largest absolute Gasteiger partial charge is 0.498 e. The predicted octanol–water partition coefficient (Wildman–Crippen LogP) is 8.32. The van der Waals surface area contributed by atoms with Gasteiger partial charge in [-0.15, -0.1) is 0 Å². The highest BCUT2D eigenvalue weighted by Crippen LogP contribution is 2.47. The monoisotopic (exact) mass is 795 g/mol. The molecule has 1 saturated carbocycles. The minimum Gasteiger partial charge on any atom is -0.498 e. The Morgan fingerprint density at radius 3 is 1.41 bits per heavy atom. The van der Waals surface area contributed by atoms with Gasteiger partial charge in [0.1, 0.15) is 43.2 Å². The first-order valence-electron chi connectivity index (χ1n) is 21.6. The van der Waals surface area contributed by atoms with Crippen LogP contribution in [0.25, 0.3) is 0 Å². The van der Waals surface area contributed by atoms with Gasteiger partial charge in [0.05, 0.1) is 12.9 Å². The Kier molecular flexibility index (Phi) is 31.1. The van der Waals surface area contributed by atoms with E-state index in [-0.39, 0.29) is 13.0 Å². The number of hydrogen-bond acceptors (Lipinski definition) is 11. The fourth-order valence-electron chi connectivity index (χ4n) is 6.73. The summed E-state index contributed by atoms with van der Waals surface area (Å²) in [6, 6.07) is 0. The van der Waals surface area contributed by atoms with E-state index in [4.69, 9.17) is 18.5 Å². The lowest BCUT2D eigenvalue weighted by molar-refractivity contribution is -0.220. The quantitative estimate of drug-likeness (QED) is 0.0154. The molecule has 1 aliphatic carbocycles. The van der Waals surface area contributed by atoms with Crippen molar-refractivity contribution < 1.29 is 58.3 Å². The molecule has 1 rings (SSSR count). The summed E-state index contributed by atoms with van der Waals surface area (Å²) in [5.41, 5.74) is 0. The Morgan fingerprint density at radius 1 is 0.574 bits per heavy atom. The van der Waals surface area contributed by atoms with Gasteiger partial charge < -0.3 is 39.9 Å². The summed E-state index contributed by atoms with van der Waals surface area (Å²) in [5, 5.41) is 50.0. The van der Waals surface area contributed by atoms with Gasteiger partial charge >= 0.3 is 13.8 Å². The number of rotatable bonds is 36. The molecule has 54 heavy (non-hydrogen) atoms. The van der Waals surface area contributed by atoms with Crippen molar-refractivity contribution in [2.24, 2.45) is 0 Å². The lowest BCUT2D eigenvalue weighted by Gasteiger charge is -2.41. The molecule has 0 spiro atoms. The predicted molar refractivity (Wildman–Crippen MR) is 212 cm³/mol. The van der Waals surface area contributed by atoms with Crippen LogP contribution in [0, 0.1) is 0 Å². The average molecular weight is 795 g/mol. The molecule has 12 nitrogen and oxygen atoms in total. The molecule has 320 valence electrons. The molecule has 0 aromatic heterocycles. The van der Waals surface area contributed by atoms with Gasteiger partial charge in [-0.2, -0.15) is 0 Å². The van der Waals surface area contributed by atoms with Crippen LogP contribution in [0.1, 0.15) is 187 Å². The molecule has 6 unspecified atom stereocenters. The van der Waals surface area contributed by atoms with Crippen LogP contribution in [0.15, 0.2) is 12.3 Å². The topological polar surface area (TPSA) is 192 Å². The van der Waals surface area contributed by atoms with Crippen molar-refractivity contribution in [3.63, 3.8) is 0 Å². The second-order valence-corrected chi connectivity index (χ2v) is 16.7. The van der Waals surface area contributed by atoms with Gasteiger partial charge in [0.15, 0.2) is 6.10 Å². The van der Waals surface area contributed by atoms with Gasteiger partial charge in [0, 0.05) is 6.42 Å². The maximum atomic E-state index is 12.8. The van der Waals surface area contributed by atoms with Crippen LogP contribution in [-0.4, -0.2) is 92.3 Å². The lowest BCUT2D eigenvalue weighted by atomic mass is 9.85. The van der Waals surface area contributed by atoms with Gasteiger partial charge in [0.2, 0.25) is 0 Å². The molecule has 8 atom stereocenters. The van der Waals surface area contributed by atoms with E-state index in [2.05, 4.69) is 13.8 Å². The molecule has 0 aromatic rings. The zero-order valence-electron chi connectivity index (χ0n) is 33.8. The second kappa shape index (κ2) is 32.9. The number of aliphatic hydroxyl groups is 5. The number of aliphatic hydroxyl groups excluding tert-OH is 5. The SMILES string of the molecule is CCCCCCCCCCCCCCCC/C=C\OC[C@H](COP(=O)(O)OC1C(O)C(O)C(O)[C@@H](O)C1O)OC(=O)CCCCCCCCCCCCC. The van der Waals surface area contributed by atoms with Gasteiger partial charge in [-0.25, -0.2) is 4.57 Å². The highest BCUT2D eigenvalue weighted by molar-refractivity contribution is 7.47. The summed E-state index contributed by atoms with van der Waals surface area (Å²) >= 11 is 0. The van der Waals surface area contributed by atoms with Crippen LogP contribution < -0.4 is 0 Å². The van der Waals surface area contributed by atoms with Crippen LogP contribution in [-0.2, 0) is 27.9 Å². The summed E-state index contributed by atoms with van der Waals surface area (Å²) in [7, 11) is -5.02. The maximum absolute atomic E-state index is 12.8. The molecular formula is C41H79O12P. The molecular weight excluding hydrogens is 715 g/mol. The van der Waals surface area contributed by atoms with E-state index in [1.165, 1.54) is 128 Å². The number of unbranched alkanes of at least 4 members (excludes halogenated alkanes) is 24. The summed E-state index contributed by atoms with van der Waals surface area (Å²) in [4.78, 5) is 23.0. The van der Waals surface area contributed by atoms with E-state index < -0.39 is 63.1 Å². The lowest BCUT2D eigenvalue weighted by Crippen LogP contribution is -2.64. The average Bonchev–Trinajstić information content (AvgIpc) is 3.15. The van der Waals surface area contributed by atoms with Gasteiger partial charge in [-0.05, 0) is 25.3 Å². The van der Waals surface area contributed by atoms with E-state index in [1.807, 2.05) is 6.08 Å². The summed E-state index contributed by atoms with van der Waals surface area (Å²) < 4.78 is 33.8. The van der Waals surface area contributed by atoms with Crippen LogP contribution in [0.5, 0.6) is 0 Å². The number of ether oxygens (including phenoxy) is 2.